The van der Waals surface area contributed by atoms with E-state index in [4.69, 9.17) is 15.6 Å². The second-order valence-electron chi connectivity index (χ2n) is 3.73. The predicted octanol–water partition coefficient (Wildman–Crippen LogP) is 1.17. The zero-order valence-electron chi connectivity index (χ0n) is 9.75. The van der Waals surface area contributed by atoms with Crippen LogP contribution in [0.1, 0.15) is 11.9 Å². The molecular weight excluding hydrogens is 234 g/mol. The molecule has 2 aromatic rings. The lowest BCUT2D eigenvalue weighted by atomic mass is 10.1. The number of nitrogens with two attached hydrogens (primary N) is 1. The summed E-state index contributed by atoms with van der Waals surface area (Å²) in [7, 11) is 1.58. The number of hydrogen-bond donors (Lipinski definition) is 3. The molecule has 1 atom stereocenters. The van der Waals surface area contributed by atoms with E-state index in [-0.39, 0.29) is 5.82 Å². The van der Waals surface area contributed by atoms with E-state index in [1.54, 1.807) is 13.3 Å². The number of rotatable bonds is 4. The number of methoxy groups -OCH3 is 1. The minimum absolute atomic E-state index is 0.223. The monoisotopic (exact) mass is 247 g/mol. The molecule has 6 nitrogen and oxygen atoms in total. The van der Waals surface area contributed by atoms with E-state index < -0.39 is 12.0 Å². The Morgan fingerprint density at radius 2 is 2.33 bits per heavy atom. The van der Waals surface area contributed by atoms with Crippen LogP contribution in [0, 0.1) is 0 Å². The highest BCUT2D eigenvalue weighted by Crippen LogP contribution is 2.23. The van der Waals surface area contributed by atoms with Crippen LogP contribution in [0.3, 0.4) is 0 Å². The third kappa shape index (κ3) is 2.33. The van der Waals surface area contributed by atoms with Crippen LogP contribution in [-0.4, -0.2) is 28.2 Å². The number of aromatic nitrogens is 2. The van der Waals surface area contributed by atoms with Crippen LogP contribution in [0.5, 0.6) is 5.75 Å². The third-order valence-electron chi connectivity index (χ3n) is 2.54. The van der Waals surface area contributed by atoms with Crippen molar-refractivity contribution in [3.63, 3.8) is 0 Å². The highest BCUT2D eigenvalue weighted by molar-refractivity contribution is 5.74. The molecule has 0 fully saturated rings. The van der Waals surface area contributed by atoms with Crippen LogP contribution < -0.4 is 10.5 Å². The van der Waals surface area contributed by atoms with E-state index in [2.05, 4.69) is 9.97 Å². The summed E-state index contributed by atoms with van der Waals surface area (Å²) in [5.41, 5.74) is 7.01. The largest absolute Gasteiger partial charge is 0.497 e. The lowest BCUT2D eigenvalue weighted by Crippen LogP contribution is -2.21. The van der Waals surface area contributed by atoms with Crippen molar-refractivity contribution in [1.82, 2.24) is 9.97 Å². The summed E-state index contributed by atoms with van der Waals surface area (Å²) >= 11 is 0. The molecule has 1 heterocycles. The van der Waals surface area contributed by atoms with E-state index in [9.17, 15) is 4.79 Å². The molecule has 0 spiro atoms. The maximum absolute atomic E-state index is 10.7. The summed E-state index contributed by atoms with van der Waals surface area (Å²) in [6.07, 6.45) is 1.55. The molecule has 1 aromatic heterocycles. The van der Waals surface area contributed by atoms with Gasteiger partial charge in [0.05, 0.1) is 19.0 Å². The van der Waals surface area contributed by atoms with Gasteiger partial charge in [-0.05, 0) is 12.1 Å². The molecule has 0 bridgehead atoms. The Morgan fingerprint density at radius 1 is 1.56 bits per heavy atom. The Hall–Kier alpha value is -2.34. The van der Waals surface area contributed by atoms with Crippen LogP contribution in [0.15, 0.2) is 30.5 Å². The normalized spacial score (nSPS) is 12.1. The van der Waals surface area contributed by atoms with Crippen molar-refractivity contribution in [3.05, 3.63) is 36.3 Å². The van der Waals surface area contributed by atoms with Gasteiger partial charge >= 0.3 is 5.97 Å². The zero-order valence-corrected chi connectivity index (χ0v) is 9.75. The molecule has 0 amide bonds. The van der Waals surface area contributed by atoms with Crippen LogP contribution in [-0.2, 0) is 4.79 Å². The molecule has 94 valence electrons. The van der Waals surface area contributed by atoms with Gasteiger partial charge in [0.1, 0.15) is 11.6 Å². The number of imidazole rings is 1. The second kappa shape index (κ2) is 4.89. The number of aromatic amines is 1. The van der Waals surface area contributed by atoms with Crippen molar-refractivity contribution in [1.29, 1.82) is 0 Å². The minimum atomic E-state index is -1.15. The molecular formula is C12H13N3O3. The second-order valence-corrected chi connectivity index (χ2v) is 3.73. The first-order valence-electron chi connectivity index (χ1n) is 5.29. The van der Waals surface area contributed by atoms with Gasteiger partial charge in [0, 0.05) is 5.56 Å². The Bertz CT molecular complexity index is 565. The summed E-state index contributed by atoms with van der Waals surface area (Å²) in [4.78, 5) is 17.6. The predicted molar refractivity (Wildman–Crippen MR) is 65.1 cm³/mol. The number of nitrogens with zero attached hydrogens (tertiary/aromatic N) is 1. The fourth-order valence-electron chi connectivity index (χ4n) is 1.55. The molecule has 6 heteroatoms. The summed E-state index contributed by atoms with van der Waals surface area (Å²) in [6.45, 7) is 0. The number of benzene rings is 1. The van der Waals surface area contributed by atoms with Gasteiger partial charge in [-0.25, -0.2) is 4.98 Å². The van der Waals surface area contributed by atoms with Crippen molar-refractivity contribution in [2.45, 2.75) is 6.04 Å². The van der Waals surface area contributed by atoms with Crippen molar-refractivity contribution >= 4 is 5.97 Å². The molecule has 1 aromatic carbocycles. The average molecular weight is 247 g/mol. The van der Waals surface area contributed by atoms with Crippen molar-refractivity contribution in [2.24, 2.45) is 5.73 Å². The number of aliphatic carboxylic acids is 1. The molecule has 4 N–H and O–H groups in total. The molecule has 0 saturated carbocycles. The molecule has 2 rings (SSSR count). The molecule has 1 unspecified atom stereocenters. The smallest absolute Gasteiger partial charge is 0.328 e. The van der Waals surface area contributed by atoms with E-state index in [1.807, 2.05) is 24.3 Å². The quantitative estimate of drug-likeness (QED) is 0.752. The number of carboxylic acids is 1. The summed E-state index contributed by atoms with van der Waals surface area (Å²) in [5, 5.41) is 8.79. The van der Waals surface area contributed by atoms with E-state index in [0.717, 1.165) is 5.56 Å². The van der Waals surface area contributed by atoms with Gasteiger partial charge in [-0.3, -0.25) is 4.79 Å². The fourth-order valence-corrected chi connectivity index (χ4v) is 1.55. The molecule has 18 heavy (non-hydrogen) atoms. The highest BCUT2D eigenvalue weighted by Gasteiger charge is 2.17. The lowest BCUT2D eigenvalue weighted by molar-refractivity contribution is -0.138. The molecule has 0 aliphatic heterocycles. The van der Waals surface area contributed by atoms with Gasteiger partial charge in [-0.15, -0.1) is 0 Å². The van der Waals surface area contributed by atoms with Crippen LogP contribution in [0.2, 0.25) is 0 Å². The molecule has 0 aliphatic rings. The Labute approximate surface area is 103 Å². The number of carboxylic acid groups (broad SMARTS) is 1. The van der Waals surface area contributed by atoms with Gasteiger partial charge in [0.2, 0.25) is 0 Å². The Balaban J connectivity index is 2.31. The number of carbonyl (C=O) groups is 1. The topological polar surface area (TPSA) is 101 Å². The van der Waals surface area contributed by atoms with Gasteiger partial charge in [0.25, 0.3) is 0 Å². The fraction of sp³-hybridized carbons (Fsp3) is 0.167. The minimum Gasteiger partial charge on any atom is -0.497 e. The lowest BCUT2D eigenvalue weighted by Gasteiger charge is -2.03. The Kier molecular flexibility index (Phi) is 3.29. The van der Waals surface area contributed by atoms with E-state index >= 15 is 0 Å². The van der Waals surface area contributed by atoms with Crippen LogP contribution in [0.25, 0.3) is 11.3 Å². The van der Waals surface area contributed by atoms with E-state index in [0.29, 0.717) is 11.4 Å². The SMILES string of the molecule is COc1cccc(-c2cnc(C(N)C(=O)O)[nH]2)c1. The third-order valence-corrected chi connectivity index (χ3v) is 2.54. The van der Waals surface area contributed by atoms with Crippen molar-refractivity contribution in [2.75, 3.05) is 7.11 Å². The maximum Gasteiger partial charge on any atom is 0.328 e. The van der Waals surface area contributed by atoms with Gasteiger partial charge < -0.3 is 20.6 Å². The van der Waals surface area contributed by atoms with Crippen molar-refractivity contribution < 1.29 is 14.6 Å². The van der Waals surface area contributed by atoms with Gasteiger partial charge in [0.15, 0.2) is 6.04 Å². The van der Waals surface area contributed by atoms with Crippen LogP contribution >= 0.6 is 0 Å². The molecule has 0 saturated heterocycles. The highest BCUT2D eigenvalue weighted by atomic mass is 16.5. The van der Waals surface area contributed by atoms with Gasteiger partial charge in [-0.2, -0.15) is 0 Å². The molecule has 0 radical (unpaired) electrons. The standard InChI is InChI=1S/C12H13N3O3/c1-18-8-4-2-3-7(5-8)9-6-14-11(15-9)10(13)12(16)17/h2-6,10H,13H2,1H3,(H,14,15)(H,16,17). The maximum atomic E-state index is 10.7. The summed E-state index contributed by atoms with van der Waals surface area (Å²) in [5.74, 6) is -0.187. The number of hydrogen-bond acceptors (Lipinski definition) is 4. The van der Waals surface area contributed by atoms with Crippen LogP contribution in [0.4, 0.5) is 0 Å². The first-order chi connectivity index (χ1) is 8.61. The van der Waals surface area contributed by atoms with Crippen molar-refractivity contribution in [3.8, 4) is 17.0 Å². The zero-order chi connectivity index (χ0) is 13.1. The number of ether oxygens (including phenoxy) is 1. The number of H-pyrrole nitrogens is 1. The first-order valence-corrected chi connectivity index (χ1v) is 5.29. The first kappa shape index (κ1) is 12.1. The van der Waals surface area contributed by atoms with E-state index in [1.165, 1.54) is 0 Å². The molecule has 0 aliphatic carbocycles. The van der Waals surface area contributed by atoms with Gasteiger partial charge in [-0.1, -0.05) is 12.1 Å². The Morgan fingerprint density at radius 3 is 3.00 bits per heavy atom. The summed E-state index contributed by atoms with van der Waals surface area (Å²) in [6, 6.07) is 6.20. The average Bonchev–Trinajstić information content (AvgIpc) is 2.87. The summed E-state index contributed by atoms with van der Waals surface area (Å²) < 4.78 is 5.12. The number of nitrogens with one attached hydrogen (secondary N) is 1.